The summed E-state index contributed by atoms with van der Waals surface area (Å²) in [6, 6.07) is 0. The first-order valence-electron chi connectivity index (χ1n) is 11.2. The first kappa shape index (κ1) is 29.8. The number of ether oxygens (including phenoxy) is 2. The average Bonchev–Trinajstić information content (AvgIpc) is 2.65. The van der Waals surface area contributed by atoms with Crippen molar-refractivity contribution in [3.63, 3.8) is 0 Å². The van der Waals surface area contributed by atoms with Gasteiger partial charge in [-0.3, -0.25) is 9.59 Å². The smallest absolute Gasteiger partial charge is 0.322 e. The Morgan fingerprint density at radius 2 is 0.906 bits per heavy atom. The lowest BCUT2D eigenvalue weighted by molar-refractivity contribution is -0.171. The number of allylic oxidation sites excluding steroid dienone is 4. The monoisotopic (exact) mass is 448 g/mol. The fourth-order valence-corrected chi connectivity index (χ4v) is 3.99. The van der Waals surface area contributed by atoms with Crippen molar-refractivity contribution in [1.82, 2.24) is 9.80 Å². The molecule has 0 aromatic heterocycles. The second-order valence-electron chi connectivity index (χ2n) is 8.69. The summed E-state index contributed by atoms with van der Waals surface area (Å²) in [5, 5.41) is 0. The maximum absolute atomic E-state index is 13.8. The zero-order valence-corrected chi connectivity index (χ0v) is 21.7. The predicted molar refractivity (Wildman–Crippen MR) is 132 cm³/mol. The van der Waals surface area contributed by atoms with E-state index in [0.29, 0.717) is 13.1 Å². The quantitative estimate of drug-likeness (QED) is 0.310. The normalized spacial score (nSPS) is 15.5. The number of nitrogens with zero attached hydrogens (tertiary/aromatic N) is 2. The summed E-state index contributed by atoms with van der Waals surface area (Å²) in [4.78, 5) is 31.5. The van der Waals surface area contributed by atoms with Crippen LogP contribution in [0.15, 0.2) is 48.6 Å². The van der Waals surface area contributed by atoms with E-state index in [2.05, 4.69) is 0 Å². The van der Waals surface area contributed by atoms with Crippen LogP contribution in [-0.4, -0.2) is 75.2 Å². The Kier molecular flexibility index (Phi) is 13.1. The molecule has 182 valence electrons. The first-order chi connectivity index (χ1) is 15.0. The Bertz CT molecular complexity index is 621. The molecular formula is C26H44N2O4. The molecule has 6 heteroatoms. The summed E-state index contributed by atoms with van der Waals surface area (Å²) in [5.74, 6) is -1.01. The van der Waals surface area contributed by atoms with E-state index in [1.165, 1.54) is 0 Å². The van der Waals surface area contributed by atoms with Gasteiger partial charge in [0, 0.05) is 13.1 Å². The third-order valence-corrected chi connectivity index (χ3v) is 4.94. The Labute approximate surface area is 195 Å². The number of carbonyl (C=O) groups excluding carboxylic acids is 2. The average molecular weight is 449 g/mol. The van der Waals surface area contributed by atoms with Crippen LogP contribution < -0.4 is 0 Å². The summed E-state index contributed by atoms with van der Waals surface area (Å²) in [6.07, 6.45) is 13.3. The summed E-state index contributed by atoms with van der Waals surface area (Å²) < 4.78 is 11.8. The largest absolute Gasteiger partial charge is 0.460 e. The number of carbonyl (C=O) groups is 2. The molecule has 0 rings (SSSR count). The summed E-state index contributed by atoms with van der Waals surface area (Å²) in [5.41, 5.74) is -2.82. The van der Waals surface area contributed by atoms with Gasteiger partial charge in [0.1, 0.15) is 23.0 Å². The predicted octanol–water partition coefficient (Wildman–Crippen LogP) is 4.25. The fraction of sp³-hybridized carbons (Fsp3) is 0.615. The Balaban J connectivity index is 6.79. The van der Waals surface area contributed by atoms with E-state index in [1.54, 1.807) is 48.6 Å². The third kappa shape index (κ3) is 7.75. The van der Waals surface area contributed by atoms with Gasteiger partial charge in [0.2, 0.25) is 0 Å². The summed E-state index contributed by atoms with van der Waals surface area (Å²) in [7, 11) is 7.68. The number of hydrogen-bond acceptors (Lipinski definition) is 6. The number of hydrogen-bond donors (Lipinski definition) is 0. The molecule has 0 N–H and O–H groups in total. The van der Waals surface area contributed by atoms with Crippen LogP contribution in [0.4, 0.5) is 0 Å². The Morgan fingerprint density at radius 1 is 0.656 bits per heavy atom. The molecule has 0 fully saturated rings. The molecule has 6 nitrogen and oxygen atoms in total. The topological polar surface area (TPSA) is 59.1 Å². The van der Waals surface area contributed by atoms with Gasteiger partial charge in [-0.1, -0.05) is 48.6 Å². The van der Waals surface area contributed by atoms with Gasteiger partial charge in [0.25, 0.3) is 0 Å². The molecule has 0 heterocycles. The lowest BCUT2D eigenvalue weighted by Gasteiger charge is -2.41. The molecule has 0 aromatic rings. The van der Waals surface area contributed by atoms with Crippen LogP contribution in [-0.2, 0) is 19.1 Å². The highest BCUT2D eigenvalue weighted by molar-refractivity contribution is 5.95. The maximum Gasteiger partial charge on any atom is 0.322 e. The van der Waals surface area contributed by atoms with Gasteiger partial charge in [-0.2, -0.15) is 0 Å². The van der Waals surface area contributed by atoms with E-state index < -0.39 is 22.8 Å². The van der Waals surface area contributed by atoms with Crippen LogP contribution in [0, 0.1) is 10.8 Å². The van der Waals surface area contributed by atoms with E-state index in [4.69, 9.17) is 9.47 Å². The number of rotatable bonds is 13. The minimum absolute atomic E-state index is 0.356. The molecule has 0 spiro atoms. The van der Waals surface area contributed by atoms with Crippen molar-refractivity contribution in [1.29, 1.82) is 0 Å². The molecule has 0 bridgehead atoms. The van der Waals surface area contributed by atoms with Crippen molar-refractivity contribution in [2.45, 2.75) is 53.8 Å². The molecule has 0 radical (unpaired) electrons. The van der Waals surface area contributed by atoms with Gasteiger partial charge >= 0.3 is 11.9 Å². The third-order valence-electron chi connectivity index (χ3n) is 4.94. The lowest BCUT2D eigenvalue weighted by atomic mass is 9.61. The van der Waals surface area contributed by atoms with E-state index >= 15 is 0 Å². The van der Waals surface area contributed by atoms with Gasteiger partial charge in [-0.15, -0.1) is 0 Å². The van der Waals surface area contributed by atoms with Gasteiger partial charge < -0.3 is 19.3 Å². The van der Waals surface area contributed by atoms with Crippen LogP contribution in [0.1, 0.15) is 41.5 Å². The molecule has 0 saturated carbocycles. The molecule has 2 atom stereocenters. The zero-order chi connectivity index (χ0) is 24.9. The van der Waals surface area contributed by atoms with E-state index in [0.717, 1.165) is 0 Å². The second-order valence-corrected chi connectivity index (χ2v) is 8.69. The fourth-order valence-electron chi connectivity index (χ4n) is 3.99. The first-order valence-corrected chi connectivity index (χ1v) is 11.2. The lowest BCUT2D eigenvalue weighted by Crippen LogP contribution is -2.51. The molecule has 32 heavy (non-hydrogen) atoms. The van der Waals surface area contributed by atoms with Crippen molar-refractivity contribution in [2.75, 3.05) is 41.3 Å². The Hall–Kier alpha value is -2.18. The highest BCUT2D eigenvalue weighted by Gasteiger charge is 2.57. The van der Waals surface area contributed by atoms with Crippen LogP contribution in [0.25, 0.3) is 0 Å². The van der Waals surface area contributed by atoms with E-state index in [1.807, 2.05) is 79.5 Å². The minimum atomic E-state index is -1.41. The van der Waals surface area contributed by atoms with Crippen molar-refractivity contribution in [2.24, 2.45) is 10.8 Å². The van der Waals surface area contributed by atoms with Crippen molar-refractivity contribution >= 4 is 11.9 Å². The second kappa shape index (κ2) is 14.1. The molecule has 0 unspecified atom stereocenters. The van der Waals surface area contributed by atoms with Crippen molar-refractivity contribution in [3.8, 4) is 0 Å². The van der Waals surface area contributed by atoms with Crippen LogP contribution in [0.3, 0.4) is 0 Å². The van der Waals surface area contributed by atoms with Crippen LogP contribution in [0.2, 0.25) is 0 Å². The zero-order valence-electron chi connectivity index (χ0n) is 21.7. The van der Waals surface area contributed by atoms with Gasteiger partial charge in [0.15, 0.2) is 0 Å². The van der Waals surface area contributed by atoms with Gasteiger partial charge in [0.05, 0.1) is 0 Å². The Morgan fingerprint density at radius 3 is 1.09 bits per heavy atom. The minimum Gasteiger partial charge on any atom is -0.460 e. The molecule has 0 aromatic carbocycles. The SMILES string of the molecule is C/C=C\C(/C=C\C)(C(=O)O[C@@H](C)CN(C)C)C(/C=C/C)(/C=C/C)C(=O)O[C@@H](C)CN(C)C. The summed E-state index contributed by atoms with van der Waals surface area (Å²) >= 11 is 0. The van der Waals surface area contributed by atoms with E-state index in [9.17, 15) is 9.59 Å². The molecule has 0 amide bonds. The highest BCUT2D eigenvalue weighted by Crippen LogP contribution is 2.48. The molecular weight excluding hydrogens is 404 g/mol. The summed E-state index contributed by atoms with van der Waals surface area (Å²) in [6.45, 7) is 12.1. The van der Waals surface area contributed by atoms with Gasteiger partial charge in [-0.05, 0) is 69.7 Å². The molecule has 0 saturated heterocycles. The molecule has 0 aliphatic rings. The van der Waals surface area contributed by atoms with Gasteiger partial charge in [-0.25, -0.2) is 0 Å². The van der Waals surface area contributed by atoms with E-state index in [-0.39, 0.29) is 12.2 Å². The number of esters is 2. The van der Waals surface area contributed by atoms with Crippen LogP contribution in [0.5, 0.6) is 0 Å². The van der Waals surface area contributed by atoms with Crippen LogP contribution >= 0.6 is 0 Å². The highest BCUT2D eigenvalue weighted by atomic mass is 16.6. The van der Waals surface area contributed by atoms with Crippen molar-refractivity contribution in [3.05, 3.63) is 48.6 Å². The molecule has 0 aliphatic heterocycles. The molecule has 0 aliphatic carbocycles. The van der Waals surface area contributed by atoms with Crippen molar-refractivity contribution < 1.29 is 19.1 Å². The maximum atomic E-state index is 13.8. The number of likely N-dealkylation sites (N-methyl/N-ethyl adjacent to an activating group) is 2. The standard InChI is InChI=1S/C26H44N2O4/c1-11-15-25(16-12-2,23(29)31-21(5)19-27(7)8)26(17-13-3,18-14-4)24(30)32-22(6)20-28(9)10/h11-18,21-22H,19-20H2,1-10H3/b15-11-,16-12-,17-13+,18-14+/t21-,22-/m0/s1.